The lowest BCUT2D eigenvalue weighted by Gasteiger charge is -2.17. The summed E-state index contributed by atoms with van der Waals surface area (Å²) in [5, 5.41) is 4.97. The highest BCUT2D eigenvalue weighted by Crippen LogP contribution is 2.32. The normalized spacial score (nSPS) is 10.8. The first-order valence-corrected chi connectivity index (χ1v) is 7.42. The van der Waals surface area contributed by atoms with Crippen molar-refractivity contribution < 1.29 is 0 Å². The Labute approximate surface area is 126 Å². The molecule has 3 aromatic rings. The fourth-order valence-corrected chi connectivity index (χ4v) is 3.06. The van der Waals surface area contributed by atoms with Crippen LogP contribution in [0.5, 0.6) is 0 Å². The van der Waals surface area contributed by atoms with Crippen molar-refractivity contribution in [3.63, 3.8) is 0 Å². The highest BCUT2D eigenvalue weighted by molar-refractivity contribution is 7.22. The Morgan fingerprint density at radius 1 is 1.15 bits per heavy atom. The van der Waals surface area contributed by atoms with Crippen molar-refractivity contribution in [3.05, 3.63) is 47.5 Å². The maximum absolute atomic E-state index is 5.99. The van der Waals surface area contributed by atoms with E-state index in [1.54, 1.807) is 11.3 Å². The SMILES string of the molecule is CN(C)c1ccccc1Nc1nc2cc(Cl)ccc2s1. The second-order valence-electron chi connectivity index (χ2n) is 4.67. The highest BCUT2D eigenvalue weighted by atomic mass is 35.5. The summed E-state index contributed by atoms with van der Waals surface area (Å²) in [6.07, 6.45) is 0. The number of hydrogen-bond acceptors (Lipinski definition) is 4. The summed E-state index contributed by atoms with van der Waals surface area (Å²) in [4.78, 5) is 6.65. The minimum Gasteiger partial charge on any atom is -0.376 e. The van der Waals surface area contributed by atoms with Gasteiger partial charge in [-0.1, -0.05) is 35.1 Å². The zero-order valence-corrected chi connectivity index (χ0v) is 12.8. The van der Waals surface area contributed by atoms with Crippen LogP contribution in [0.4, 0.5) is 16.5 Å². The summed E-state index contributed by atoms with van der Waals surface area (Å²) < 4.78 is 1.12. The van der Waals surface area contributed by atoms with E-state index >= 15 is 0 Å². The summed E-state index contributed by atoms with van der Waals surface area (Å²) in [6.45, 7) is 0. The third kappa shape index (κ3) is 2.57. The number of para-hydroxylation sites is 2. The molecule has 0 bridgehead atoms. The molecule has 1 N–H and O–H groups in total. The van der Waals surface area contributed by atoms with Crippen molar-refractivity contribution in [1.82, 2.24) is 4.98 Å². The molecule has 20 heavy (non-hydrogen) atoms. The van der Waals surface area contributed by atoms with Gasteiger partial charge in [-0.05, 0) is 30.3 Å². The Hall–Kier alpha value is -1.78. The first-order valence-electron chi connectivity index (χ1n) is 6.23. The van der Waals surface area contributed by atoms with Crippen LogP contribution in [0.3, 0.4) is 0 Å². The van der Waals surface area contributed by atoms with Crippen LogP contribution in [0, 0.1) is 0 Å². The van der Waals surface area contributed by atoms with Gasteiger partial charge in [0.2, 0.25) is 0 Å². The predicted octanol–water partition coefficient (Wildman–Crippen LogP) is 4.76. The lowest BCUT2D eigenvalue weighted by molar-refractivity contribution is 1.13. The van der Waals surface area contributed by atoms with Crippen LogP contribution in [0.2, 0.25) is 5.02 Å². The van der Waals surface area contributed by atoms with E-state index in [1.165, 1.54) is 0 Å². The third-order valence-corrected chi connectivity index (χ3v) is 4.16. The van der Waals surface area contributed by atoms with Gasteiger partial charge in [0.15, 0.2) is 5.13 Å². The van der Waals surface area contributed by atoms with Crippen LogP contribution in [0.1, 0.15) is 0 Å². The standard InChI is InChI=1S/C15H14ClN3S/c1-19(2)13-6-4-3-5-11(13)17-15-18-12-9-10(16)7-8-14(12)20-15/h3-9H,1-2H3,(H,17,18). The average Bonchev–Trinajstić information content (AvgIpc) is 2.80. The average molecular weight is 304 g/mol. The van der Waals surface area contributed by atoms with E-state index in [9.17, 15) is 0 Å². The van der Waals surface area contributed by atoms with Gasteiger partial charge < -0.3 is 10.2 Å². The lowest BCUT2D eigenvalue weighted by atomic mass is 10.2. The number of thiazole rings is 1. The zero-order chi connectivity index (χ0) is 14.1. The van der Waals surface area contributed by atoms with Crippen LogP contribution in [-0.4, -0.2) is 19.1 Å². The van der Waals surface area contributed by atoms with E-state index in [4.69, 9.17) is 11.6 Å². The van der Waals surface area contributed by atoms with Crippen LogP contribution >= 0.6 is 22.9 Å². The molecule has 0 fully saturated rings. The Morgan fingerprint density at radius 3 is 2.75 bits per heavy atom. The largest absolute Gasteiger partial charge is 0.376 e. The number of rotatable bonds is 3. The first kappa shape index (κ1) is 13.2. The number of halogens is 1. The fourth-order valence-electron chi connectivity index (χ4n) is 2.04. The smallest absolute Gasteiger partial charge is 0.188 e. The molecule has 0 aliphatic heterocycles. The fraction of sp³-hybridized carbons (Fsp3) is 0.133. The van der Waals surface area contributed by atoms with Crippen molar-refractivity contribution in [1.29, 1.82) is 0 Å². The predicted molar refractivity (Wildman–Crippen MR) is 88.7 cm³/mol. The van der Waals surface area contributed by atoms with Crippen molar-refractivity contribution in [2.45, 2.75) is 0 Å². The minimum atomic E-state index is 0.711. The van der Waals surface area contributed by atoms with Crippen LogP contribution in [-0.2, 0) is 0 Å². The van der Waals surface area contributed by atoms with E-state index in [2.05, 4.69) is 21.3 Å². The van der Waals surface area contributed by atoms with Crippen LogP contribution in [0.15, 0.2) is 42.5 Å². The van der Waals surface area contributed by atoms with E-state index < -0.39 is 0 Å². The number of aromatic nitrogens is 1. The van der Waals surface area contributed by atoms with E-state index in [0.717, 1.165) is 26.7 Å². The molecule has 0 aliphatic carbocycles. The molecule has 0 atom stereocenters. The summed E-state index contributed by atoms with van der Waals surface area (Å²) in [5.41, 5.74) is 3.10. The molecule has 0 saturated heterocycles. The van der Waals surface area contributed by atoms with Gasteiger partial charge in [0.05, 0.1) is 21.6 Å². The molecule has 3 rings (SSSR count). The lowest BCUT2D eigenvalue weighted by Crippen LogP contribution is -2.10. The number of nitrogens with one attached hydrogen (secondary N) is 1. The van der Waals surface area contributed by atoms with Gasteiger partial charge in [0.1, 0.15) is 0 Å². The highest BCUT2D eigenvalue weighted by Gasteiger charge is 2.08. The Kier molecular flexibility index (Phi) is 3.51. The summed E-state index contributed by atoms with van der Waals surface area (Å²) in [7, 11) is 4.05. The molecule has 1 heterocycles. The molecule has 0 radical (unpaired) electrons. The number of benzene rings is 2. The van der Waals surface area contributed by atoms with Gasteiger partial charge >= 0.3 is 0 Å². The molecule has 5 heteroatoms. The van der Waals surface area contributed by atoms with Crippen molar-refractivity contribution in [3.8, 4) is 0 Å². The number of nitrogens with zero attached hydrogens (tertiary/aromatic N) is 2. The second kappa shape index (κ2) is 5.31. The molecule has 0 amide bonds. The molecule has 102 valence electrons. The molecular formula is C15H14ClN3S. The Balaban J connectivity index is 1.97. The van der Waals surface area contributed by atoms with E-state index in [-0.39, 0.29) is 0 Å². The van der Waals surface area contributed by atoms with Gasteiger partial charge in [-0.25, -0.2) is 4.98 Å². The quantitative estimate of drug-likeness (QED) is 0.756. The molecule has 1 aromatic heterocycles. The topological polar surface area (TPSA) is 28.2 Å². The van der Waals surface area contributed by atoms with Crippen LogP contribution in [0.25, 0.3) is 10.2 Å². The zero-order valence-electron chi connectivity index (χ0n) is 11.2. The van der Waals surface area contributed by atoms with Gasteiger partial charge in [0, 0.05) is 19.1 Å². The van der Waals surface area contributed by atoms with Crippen molar-refractivity contribution >= 4 is 49.7 Å². The van der Waals surface area contributed by atoms with Crippen molar-refractivity contribution in [2.75, 3.05) is 24.3 Å². The Bertz CT molecular complexity index is 752. The number of anilines is 3. The molecule has 0 aliphatic rings. The summed E-state index contributed by atoms with van der Waals surface area (Å²) in [6, 6.07) is 13.9. The van der Waals surface area contributed by atoms with Gasteiger partial charge in [-0.3, -0.25) is 0 Å². The molecule has 3 nitrogen and oxygen atoms in total. The third-order valence-electron chi connectivity index (χ3n) is 2.98. The molecule has 2 aromatic carbocycles. The van der Waals surface area contributed by atoms with Gasteiger partial charge in [-0.2, -0.15) is 0 Å². The molecular weight excluding hydrogens is 290 g/mol. The molecule has 0 saturated carbocycles. The minimum absolute atomic E-state index is 0.711. The van der Waals surface area contributed by atoms with E-state index in [0.29, 0.717) is 5.02 Å². The van der Waals surface area contributed by atoms with Crippen LogP contribution < -0.4 is 10.2 Å². The number of fused-ring (bicyclic) bond motifs is 1. The van der Waals surface area contributed by atoms with E-state index in [1.807, 2.05) is 50.5 Å². The summed E-state index contributed by atoms with van der Waals surface area (Å²) in [5.74, 6) is 0. The second-order valence-corrected chi connectivity index (χ2v) is 6.13. The monoisotopic (exact) mass is 303 g/mol. The van der Waals surface area contributed by atoms with Gasteiger partial charge in [0.25, 0.3) is 0 Å². The molecule has 0 unspecified atom stereocenters. The summed E-state index contributed by atoms with van der Waals surface area (Å²) >= 11 is 7.61. The maximum atomic E-state index is 5.99. The first-order chi connectivity index (χ1) is 9.63. The Morgan fingerprint density at radius 2 is 1.95 bits per heavy atom. The maximum Gasteiger partial charge on any atom is 0.188 e. The molecule has 0 spiro atoms. The number of hydrogen-bond donors (Lipinski definition) is 1. The van der Waals surface area contributed by atoms with Gasteiger partial charge in [-0.15, -0.1) is 0 Å². The van der Waals surface area contributed by atoms with Crippen molar-refractivity contribution in [2.24, 2.45) is 0 Å².